The number of ether oxygens (including phenoxy) is 1. The van der Waals surface area contributed by atoms with Gasteiger partial charge in [0.15, 0.2) is 0 Å². The Labute approximate surface area is 358 Å². The van der Waals surface area contributed by atoms with Crippen LogP contribution in [0.25, 0.3) is 27.6 Å². The average molecular weight is 793 g/mol. The molecule has 0 saturated carbocycles. The zero-order valence-electron chi connectivity index (χ0n) is 35.1. The van der Waals surface area contributed by atoms with Crippen LogP contribution in [-0.4, -0.2) is 16.2 Å². The number of aromatic nitrogens is 2. The van der Waals surface area contributed by atoms with E-state index >= 15 is 0 Å². The van der Waals surface area contributed by atoms with Crippen LogP contribution in [0.2, 0.25) is 0 Å². The largest absolute Gasteiger partial charge is 0.457 e. The fourth-order valence-corrected chi connectivity index (χ4v) is 9.86. The third-order valence-electron chi connectivity index (χ3n) is 13.4. The molecule has 0 amide bonds. The minimum Gasteiger partial charge on any atom is -0.457 e. The van der Waals surface area contributed by atoms with E-state index < -0.39 is 0 Å². The lowest BCUT2D eigenvalue weighted by atomic mass is 9.75. The summed E-state index contributed by atoms with van der Waals surface area (Å²) in [5.41, 5.74) is 13.8. The van der Waals surface area contributed by atoms with Gasteiger partial charge in [0.1, 0.15) is 24.0 Å². The van der Waals surface area contributed by atoms with Crippen molar-refractivity contribution in [1.82, 2.24) is 9.55 Å². The van der Waals surface area contributed by atoms with Gasteiger partial charge in [0.2, 0.25) is 0 Å². The Morgan fingerprint density at radius 3 is 1.87 bits per heavy atom. The second-order valence-corrected chi connectivity index (χ2v) is 17.6. The first-order valence-electron chi connectivity index (χ1n) is 21.4. The van der Waals surface area contributed by atoms with Crippen LogP contribution in [0.15, 0.2) is 182 Å². The van der Waals surface area contributed by atoms with Crippen LogP contribution in [0.4, 0.5) is 22.7 Å². The molecule has 0 atom stereocenters. The molecule has 0 fully saturated rings. The van der Waals surface area contributed by atoms with E-state index in [2.05, 4.69) is 224 Å². The van der Waals surface area contributed by atoms with Crippen LogP contribution in [-0.2, 0) is 23.7 Å². The molecule has 5 heterocycles. The van der Waals surface area contributed by atoms with Crippen LogP contribution >= 0.6 is 0 Å². The first kappa shape index (κ1) is 36.9. The highest BCUT2D eigenvalue weighted by Crippen LogP contribution is 2.48. The van der Waals surface area contributed by atoms with Gasteiger partial charge in [-0.05, 0) is 101 Å². The number of pyridine rings is 1. The van der Waals surface area contributed by atoms with E-state index in [4.69, 9.17) is 9.72 Å². The fraction of sp³-hybridized carbons (Fsp3) is 0.161. The number of fused-ring (bicyclic) bond motifs is 6. The summed E-state index contributed by atoms with van der Waals surface area (Å²) in [6.45, 7) is 9.98. The summed E-state index contributed by atoms with van der Waals surface area (Å²) in [5.74, 6) is 2.46. The lowest BCUT2D eigenvalue weighted by Crippen LogP contribution is -2.26. The first-order chi connectivity index (χ1) is 29.7. The molecule has 0 N–H and O–H groups in total. The molecule has 0 spiro atoms. The summed E-state index contributed by atoms with van der Waals surface area (Å²) >= 11 is 0. The van der Waals surface area contributed by atoms with Crippen molar-refractivity contribution in [3.05, 3.63) is 216 Å². The molecular weight excluding hydrogens is 745 g/mol. The van der Waals surface area contributed by atoms with E-state index in [0.29, 0.717) is 6.67 Å². The molecule has 12 rings (SSSR count). The van der Waals surface area contributed by atoms with Crippen LogP contribution in [0.1, 0.15) is 61.1 Å². The monoisotopic (exact) mass is 792 g/mol. The normalized spacial score (nSPS) is 13.8. The number of nitrogens with zero attached hydrogens (tertiary/aromatic N) is 4. The lowest BCUT2D eigenvalue weighted by molar-refractivity contribution is 0.480. The highest BCUT2D eigenvalue weighted by molar-refractivity contribution is 6.09. The van der Waals surface area contributed by atoms with Crippen molar-refractivity contribution in [2.24, 2.45) is 0 Å². The van der Waals surface area contributed by atoms with E-state index in [1.54, 1.807) is 0 Å². The summed E-state index contributed by atoms with van der Waals surface area (Å²) in [5, 5.41) is 2.34. The number of aryl methyl sites for hydroxylation is 2. The first-order valence-corrected chi connectivity index (χ1v) is 21.4. The molecule has 9 aromatic rings. The van der Waals surface area contributed by atoms with Crippen molar-refractivity contribution in [2.75, 3.05) is 16.5 Å². The molecule has 5 heteroatoms. The number of hydrogen-bond donors (Lipinski definition) is 0. The summed E-state index contributed by atoms with van der Waals surface area (Å²) in [4.78, 5) is 10.3. The molecule has 8 bridgehead atoms. The van der Waals surface area contributed by atoms with Crippen molar-refractivity contribution in [1.29, 1.82) is 0 Å². The molecule has 61 heavy (non-hydrogen) atoms. The van der Waals surface area contributed by atoms with Gasteiger partial charge >= 0.3 is 0 Å². The van der Waals surface area contributed by atoms with E-state index in [0.717, 1.165) is 52.3 Å². The Bertz CT molecular complexity index is 3110. The van der Waals surface area contributed by atoms with E-state index in [1.807, 2.05) is 0 Å². The molecule has 0 unspecified atom stereocenters. The van der Waals surface area contributed by atoms with Crippen LogP contribution in [0.5, 0.6) is 11.5 Å². The Morgan fingerprint density at radius 1 is 0.475 bits per heavy atom. The van der Waals surface area contributed by atoms with Gasteiger partial charge in [-0.15, -0.1) is 0 Å². The molecule has 3 aliphatic rings. The number of anilines is 4. The van der Waals surface area contributed by atoms with Crippen molar-refractivity contribution in [3.8, 4) is 17.3 Å². The molecule has 0 aliphatic carbocycles. The molecule has 2 aromatic heterocycles. The van der Waals surface area contributed by atoms with Gasteiger partial charge in [-0.3, -0.25) is 4.57 Å². The van der Waals surface area contributed by atoms with Crippen molar-refractivity contribution < 1.29 is 4.74 Å². The molecule has 0 radical (unpaired) electrons. The quantitative estimate of drug-likeness (QED) is 0.178. The van der Waals surface area contributed by atoms with Gasteiger partial charge in [-0.25, -0.2) is 4.98 Å². The van der Waals surface area contributed by atoms with Gasteiger partial charge < -0.3 is 14.5 Å². The van der Waals surface area contributed by atoms with E-state index in [1.165, 1.54) is 55.8 Å². The molecule has 298 valence electrons. The van der Waals surface area contributed by atoms with Gasteiger partial charge in [-0.1, -0.05) is 137 Å². The Kier molecular flexibility index (Phi) is 8.64. The maximum absolute atomic E-state index is 7.05. The molecule has 7 aromatic carbocycles. The maximum atomic E-state index is 7.05. The minimum atomic E-state index is -0.296. The number of hydrogen-bond acceptors (Lipinski definition) is 4. The lowest BCUT2D eigenvalue weighted by Gasteiger charge is -2.30. The summed E-state index contributed by atoms with van der Waals surface area (Å²) in [6, 6.07) is 63.8. The van der Waals surface area contributed by atoms with Crippen LogP contribution in [0, 0.1) is 0 Å². The van der Waals surface area contributed by atoms with E-state index in [-0.39, 0.29) is 10.8 Å². The SMILES string of the molecule is CC(C)(c1ccccc1)c1cc2cc(c1)N1CN(c3ccccc3CCc3cnc(cc3C(C)(C)c3ccccc3)-n3c4ccccc4c4ccc(cc43)O2)c2ccccc21. The van der Waals surface area contributed by atoms with Gasteiger partial charge in [0, 0.05) is 51.3 Å². The average Bonchev–Trinajstić information content (AvgIpc) is 3.85. The van der Waals surface area contributed by atoms with Gasteiger partial charge in [0.25, 0.3) is 0 Å². The highest BCUT2D eigenvalue weighted by atomic mass is 16.5. The second-order valence-electron chi connectivity index (χ2n) is 17.6. The number of para-hydroxylation sites is 4. The van der Waals surface area contributed by atoms with Crippen molar-refractivity contribution in [3.63, 3.8) is 0 Å². The predicted molar refractivity (Wildman–Crippen MR) is 252 cm³/mol. The van der Waals surface area contributed by atoms with Gasteiger partial charge in [-0.2, -0.15) is 0 Å². The Balaban J connectivity index is 1.17. The number of rotatable bonds is 4. The zero-order valence-corrected chi connectivity index (χ0v) is 35.1. The second kappa shape index (κ2) is 14.3. The van der Waals surface area contributed by atoms with Crippen LogP contribution in [0.3, 0.4) is 0 Å². The third kappa shape index (κ3) is 6.18. The molecular formula is C56H48N4O. The Hall–Kier alpha value is -7.11. The highest BCUT2D eigenvalue weighted by Gasteiger charge is 2.33. The fourth-order valence-electron chi connectivity index (χ4n) is 9.86. The predicted octanol–water partition coefficient (Wildman–Crippen LogP) is 14.0. The summed E-state index contributed by atoms with van der Waals surface area (Å²) in [6.07, 6.45) is 3.85. The number of benzene rings is 7. The molecule has 5 nitrogen and oxygen atoms in total. The summed E-state index contributed by atoms with van der Waals surface area (Å²) in [7, 11) is 0. The minimum absolute atomic E-state index is 0.288. The van der Waals surface area contributed by atoms with Crippen molar-refractivity contribution >= 4 is 44.6 Å². The summed E-state index contributed by atoms with van der Waals surface area (Å²) < 4.78 is 9.38. The smallest absolute Gasteiger partial charge is 0.137 e. The standard InChI is InChI=1S/C56H48N4O/c1-55(2,40-18-7-5-8-19-40)42-31-43-33-45(32-42)61-44-29-30-47-46-22-12-14-24-50(46)60(53(47)34-44)54-35-48(56(3,4)41-20-9-6-10-21-41)39(36-57-54)28-27-38-17-11-13-23-49(38)59-37-58(43)51-25-15-16-26-52(51)59/h5-26,29-36H,27-28,37H2,1-4H3. The van der Waals surface area contributed by atoms with E-state index in [9.17, 15) is 0 Å². The Morgan fingerprint density at radius 2 is 1.10 bits per heavy atom. The topological polar surface area (TPSA) is 33.5 Å². The molecule has 3 aliphatic heterocycles. The molecule has 0 saturated heterocycles. The maximum Gasteiger partial charge on any atom is 0.137 e. The van der Waals surface area contributed by atoms with Crippen LogP contribution < -0.4 is 14.5 Å². The van der Waals surface area contributed by atoms with Gasteiger partial charge in [0.05, 0.1) is 22.4 Å². The zero-order chi connectivity index (χ0) is 41.3. The van der Waals surface area contributed by atoms with Crippen molar-refractivity contribution in [2.45, 2.75) is 51.4 Å². The third-order valence-corrected chi connectivity index (χ3v) is 13.4.